The summed E-state index contributed by atoms with van der Waals surface area (Å²) >= 11 is 0. The second-order valence-electron chi connectivity index (χ2n) is 4.91. The number of oxime groups is 1. The number of H-pyrrole nitrogens is 1. The average Bonchev–Trinajstić information content (AvgIpc) is 2.98. The van der Waals surface area contributed by atoms with Crippen molar-refractivity contribution >= 4 is 12.6 Å². The molecular formula is C14H22N6O. The minimum Gasteiger partial charge on any atom is -0.396 e. The highest BCUT2D eigenvalue weighted by Crippen LogP contribution is 2.19. The first-order chi connectivity index (χ1) is 10.2. The van der Waals surface area contributed by atoms with Crippen molar-refractivity contribution in [3.8, 4) is 0 Å². The summed E-state index contributed by atoms with van der Waals surface area (Å²) < 4.78 is 0. The maximum Gasteiger partial charge on any atom is 0.131 e. The lowest BCUT2D eigenvalue weighted by atomic mass is 10.0. The van der Waals surface area contributed by atoms with Gasteiger partial charge in [0.2, 0.25) is 0 Å². The molecule has 7 heteroatoms. The molecule has 1 aromatic heterocycles. The maximum absolute atomic E-state index is 5.15. The predicted octanol–water partition coefficient (Wildman–Crippen LogP) is 1.49. The van der Waals surface area contributed by atoms with Crippen molar-refractivity contribution in [1.29, 1.82) is 0 Å². The minimum absolute atomic E-state index is 0.216. The number of nitrogens with zero attached hydrogens (tertiary/aromatic N) is 4. The second-order valence-corrected chi connectivity index (χ2v) is 4.91. The van der Waals surface area contributed by atoms with E-state index in [9.17, 15) is 0 Å². The third-order valence-corrected chi connectivity index (χ3v) is 3.34. The zero-order valence-electron chi connectivity index (χ0n) is 12.7. The van der Waals surface area contributed by atoms with Crippen LogP contribution in [0.15, 0.2) is 33.8 Å². The van der Waals surface area contributed by atoms with E-state index in [1.54, 1.807) is 18.7 Å². The Hall–Kier alpha value is -2.31. The van der Waals surface area contributed by atoms with Gasteiger partial charge < -0.3 is 15.1 Å². The third kappa shape index (κ3) is 4.08. The van der Waals surface area contributed by atoms with Crippen LogP contribution in [0.3, 0.4) is 0 Å². The van der Waals surface area contributed by atoms with E-state index in [1.807, 2.05) is 20.0 Å². The smallest absolute Gasteiger partial charge is 0.131 e. The third-order valence-electron chi connectivity index (χ3n) is 3.34. The lowest BCUT2D eigenvalue weighted by molar-refractivity contribution is 0.138. The SMILES string of the molecule is C/C=N/OCCC1NC=NC(N(C)Cc2ccn[nH]2)=C1C. The van der Waals surface area contributed by atoms with Crippen molar-refractivity contribution in [1.82, 2.24) is 20.4 Å². The van der Waals surface area contributed by atoms with Crippen LogP contribution in [0, 0.1) is 0 Å². The summed E-state index contributed by atoms with van der Waals surface area (Å²) in [6.07, 6.45) is 5.99. The lowest BCUT2D eigenvalue weighted by Crippen LogP contribution is -2.36. The average molecular weight is 290 g/mol. The van der Waals surface area contributed by atoms with Gasteiger partial charge in [-0.15, -0.1) is 0 Å². The molecule has 0 saturated heterocycles. The normalized spacial score (nSPS) is 18.1. The van der Waals surface area contributed by atoms with Gasteiger partial charge in [-0.05, 0) is 25.5 Å². The van der Waals surface area contributed by atoms with E-state index in [4.69, 9.17) is 4.84 Å². The summed E-state index contributed by atoms with van der Waals surface area (Å²) in [6.45, 7) is 5.24. The summed E-state index contributed by atoms with van der Waals surface area (Å²) in [6, 6.07) is 2.18. The number of aromatic nitrogens is 2. The highest BCUT2D eigenvalue weighted by atomic mass is 16.6. The second kappa shape index (κ2) is 7.47. The topological polar surface area (TPSA) is 77.9 Å². The van der Waals surface area contributed by atoms with E-state index in [2.05, 4.69) is 37.5 Å². The standard InChI is InChI=1S/C14H22N6O/c1-4-18-21-8-6-13-11(2)14(16-10-15-13)20(3)9-12-5-7-17-19-12/h4-5,7,10,13H,6,8-9H2,1-3H3,(H,15,16)(H,17,19)/b18-4+. The van der Waals surface area contributed by atoms with Crippen LogP contribution in [-0.4, -0.2) is 47.3 Å². The number of hydrogen-bond donors (Lipinski definition) is 2. The van der Waals surface area contributed by atoms with E-state index in [-0.39, 0.29) is 6.04 Å². The fourth-order valence-corrected chi connectivity index (χ4v) is 2.27. The van der Waals surface area contributed by atoms with Gasteiger partial charge in [-0.25, -0.2) is 4.99 Å². The number of aromatic amines is 1. The molecule has 21 heavy (non-hydrogen) atoms. The van der Waals surface area contributed by atoms with Crippen LogP contribution in [0.4, 0.5) is 0 Å². The molecule has 0 fully saturated rings. The number of hydrogen-bond acceptors (Lipinski definition) is 6. The Balaban J connectivity index is 1.97. The Morgan fingerprint density at radius 1 is 1.52 bits per heavy atom. The van der Waals surface area contributed by atoms with Crippen molar-refractivity contribution in [2.24, 2.45) is 10.1 Å². The fraction of sp³-hybridized carbons (Fsp3) is 0.500. The molecule has 1 aliphatic rings. The largest absolute Gasteiger partial charge is 0.396 e. The molecule has 0 bridgehead atoms. The Bertz CT molecular complexity index is 520. The summed E-state index contributed by atoms with van der Waals surface area (Å²) in [5.41, 5.74) is 2.26. The summed E-state index contributed by atoms with van der Waals surface area (Å²) in [7, 11) is 2.03. The van der Waals surface area contributed by atoms with Crippen LogP contribution in [0.5, 0.6) is 0 Å². The van der Waals surface area contributed by atoms with Gasteiger partial charge in [0, 0.05) is 25.9 Å². The van der Waals surface area contributed by atoms with Crippen LogP contribution in [0.2, 0.25) is 0 Å². The van der Waals surface area contributed by atoms with E-state index in [1.165, 1.54) is 5.57 Å². The zero-order valence-corrected chi connectivity index (χ0v) is 12.7. The summed E-state index contributed by atoms with van der Waals surface area (Å²) in [5, 5.41) is 14.0. The van der Waals surface area contributed by atoms with Gasteiger partial charge in [-0.2, -0.15) is 5.10 Å². The van der Waals surface area contributed by atoms with Gasteiger partial charge in [0.25, 0.3) is 0 Å². The van der Waals surface area contributed by atoms with Crippen LogP contribution in [0.25, 0.3) is 0 Å². The Morgan fingerprint density at radius 2 is 2.38 bits per heavy atom. The molecule has 2 N–H and O–H groups in total. The van der Waals surface area contributed by atoms with Crippen molar-refractivity contribution in [3.63, 3.8) is 0 Å². The molecule has 1 aromatic rings. The molecule has 2 rings (SSSR count). The Morgan fingerprint density at radius 3 is 3.10 bits per heavy atom. The minimum atomic E-state index is 0.216. The number of aliphatic imine (C=N–C) groups is 1. The Labute approximate surface area is 124 Å². The highest BCUT2D eigenvalue weighted by molar-refractivity contribution is 5.60. The van der Waals surface area contributed by atoms with Gasteiger partial charge >= 0.3 is 0 Å². The van der Waals surface area contributed by atoms with Gasteiger partial charge in [0.15, 0.2) is 0 Å². The monoisotopic (exact) mass is 290 g/mol. The van der Waals surface area contributed by atoms with E-state index < -0.39 is 0 Å². The predicted molar refractivity (Wildman–Crippen MR) is 82.9 cm³/mol. The van der Waals surface area contributed by atoms with Gasteiger partial charge in [-0.3, -0.25) is 5.10 Å². The summed E-state index contributed by atoms with van der Waals surface area (Å²) in [5.74, 6) is 0.979. The number of nitrogens with one attached hydrogen (secondary N) is 2. The molecule has 0 spiro atoms. The molecule has 1 atom stereocenters. The molecule has 1 aliphatic heterocycles. The molecule has 0 aliphatic carbocycles. The summed E-state index contributed by atoms with van der Waals surface area (Å²) in [4.78, 5) is 11.7. The van der Waals surface area contributed by atoms with Crippen molar-refractivity contribution in [2.75, 3.05) is 13.7 Å². The zero-order chi connectivity index (χ0) is 15.1. The van der Waals surface area contributed by atoms with Crippen LogP contribution in [-0.2, 0) is 11.4 Å². The molecule has 0 aromatic carbocycles. The molecule has 2 heterocycles. The van der Waals surface area contributed by atoms with E-state index >= 15 is 0 Å². The fourth-order valence-electron chi connectivity index (χ4n) is 2.27. The van der Waals surface area contributed by atoms with Crippen LogP contribution >= 0.6 is 0 Å². The van der Waals surface area contributed by atoms with Crippen molar-refractivity contribution < 1.29 is 4.84 Å². The van der Waals surface area contributed by atoms with Crippen LogP contribution < -0.4 is 5.32 Å². The van der Waals surface area contributed by atoms with Gasteiger partial charge in [0.1, 0.15) is 12.4 Å². The van der Waals surface area contributed by atoms with Gasteiger partial charge in [0.05, 0.1) is 24.6 Å². The molecular weight excluding hydrogens is 268 g/mol. The maximum atomic E-state index is 5.15. The molecule has 1 unspecified atom stereocenters. The first kappa shape index (κ1) is 15.1. The highest BCUT2D eigenvalue weighted by Gasteiger charge is 2.19. The first-order valence-corrected chi connectivity index (χ1v) is 7.01. The molecule has 0 amide bonds. The van der Waals surface area contributed by atoms with Gasteiger partial charge in [-0.1, -0.05) is 5.16 Å². The molecule has 114 valence electrons. The number of rotatable bonds is 7. The molecule has 7 nitrogen and oxygen atoms in total. The van der Waals surface area contributed by atoms with E-state index in [0.717, 1.165) is 24.5 Å². The Kier molecular flexibility index (Phi) is 5.36. The van der Waals surface area contributed by atoms with Crippen molar-refractivity contribution in [2.45, 2.75) is 32.9 Å². The quantitative estimate of drug-likeness (QED) is 0.453. The van der Waals surface area contributed by atoms with E-state index in [0.29, 0.717) is 6.61 Å². The van der Waals surface area contributed by atoms with Crippen molar-refractivity contribution in [3.05, 3.63) is 29.4 Å². The first-order valence-electron chi connectivity index (χ1n) is 7.01. The lowest BCUT2D eigenvalue weighted by Gasteiger charge is -2.28. The molecule has 0 saturated carbocycles. The van der Waals surface area contributed by atoms with Crippen LogP contribution in [0.1, 0.15) is 26.0 Å². The molecule has 0 radical (unpaired) electrons.